The summed E-state index contributed by atoms with van der Waals surface area (Å²) in [5, 5.41) is -0.555. The lowest BCUT2D eigenvalue weighted by atomic mass is 10.0. The standard InChI is InChI=1S/C25H26ClF4N3O5S/c1-31(2)39(35,36)23-10-21(26)22(38-25(28,29)30)9-17(23)5-8-24(34)33-19-12-32(13-20(33)15-37-14-19)11-16-3-6-18(27)7-4-16/h3-10,19-20H,11-15H2,1-2H3/b8-5+. The number of fused-ring (bicyclic) bond motifs is 2. The highest BCUT2D eigenvalue weighted by molar-refractivity contribution is 7.89. The van der Waals surface area contributed by atoms with E-state index in [1.807, 2.05) is 0 Å². The maximum absolute atomic E-state index is 13.3. The molecule has 2 aromatic carbocycles. The summed E-state index contributed by atoms with van der Waals surface area (Å²) in [6.45, 7) is 2.08. The van der Waals surface area contributed by atoms with Crippen molar-refractivity contribution in [2.75, 3.05) is 40.4 Å². The first-order chi connectivity index (χ1) is 18.2. The fourth-order valence-electron chi connectivity index (χ4n) is 4.64. The van der Waals surface area contributed by atoms with Gasteiger partial charge in [-0.15, -0.1) is 13.2 Å². The van der Waals surface area contributed by atoms with Crippen molar-refractivity contribution in [3.63, 3.8) is 0 Å². The first-order valence-corrected chi connectivity index (χ1v) is 13.6. The smallest absolute Gasteiger partial charge is 0.404 e. The summed E-state index contributed by atoms with van der Waals surface area (Å²) in [5.41, 5.74) is 0.723. The van der Waals surface area contributed by atoms with Gasteiger partial charge >= 0.3 is 6.36 Å². The Kier molecular flexibility index (Phi) is 8.57. The molecule has 2 aliphatic rings. The van der Waals surface area contributed by atoms with E-state index < -0.39 is 33.1 Å². The molecule has 1 amide bonds. The topological polar surface area (TPSA) is 79.4 Å². The Morgan fingerprint density at radius 1 is 1.15 bits per heavy atom. The number of ether oxygens (including phenoxy) is 2. The number of hydrogen-bond donors (Lipinski definition) is 0. The van der Waals surface area contributed by atoms with Crippen molar-refractivity contribution in [2.24, 2.45) is 0 Å². The lowest BCUT2D eigenvalue weighted by molar-refractivity contribution is -0.274. The summed E-state index contributed by atoms with van der Waals surface area (Å²) >= 11 is 5.90. The molecule has 2 unspecified atom stereocenters. The van der Waals surface area contributed by atoms with E-state index in [9.17, 15) is 30.8 Å². The minimum Gasteiger partial charge on any atom is -0.404 e. The number of amides is 1. The number of alkyl halides is 3. The van der Waals surface area contributed by atoms with Crippen LogP contribution in [0.15, 0.2) is 47.4 Å². The summed E-state index contributed by atoms with van der Waals surface area (Å²) in [7, 11) is -1.62. The van der Waals surface area contributed by atoms with Crippen LogP contribution in [-0.4, -0.2) is 87.3 Å². The third-order valence-electron chi connectivity index (χ3n) is 6.37. The number of benzene rings is 2. The monoisotopic (exact) mass is 591 g/mol. The SMILES string of the molecule is CN(C)S(=O)(=O)c1cc(Cl)c(OC(F)(F)F)cc1/C=C/C(=O)N1C2COCC1CN(Cc1ccc(F)cc1)C2. The molecule has 2 fully saturated rings. The molecule has 0 N–H and O–H groups in total. The lowest BCUT2D eigenvalue weighted by Crippen LogP contribution is -2.65. The van der Waals surface area contributed by atoms with E-state index in [0.29, 0.717) is 19.6 Å². The van der Waals surface area contributed by atoms with Gasteiger partial charge in [0.05, 0.1) is 35.2 Å². The Morgan fingerprint density at radius 2 is 1.77 bits per heavy atom. The molecule has 0 aliphatic carbocycles. The number of halogens is 5. The van der Waals surface area contributed by atoms with Crippen molar-refractivity contribution in [1.29, 1.82) is 0 Å². The van der Waals surface area contributed by atoms with Gasteiger partial charge in [0.15, 0.2) is 0 Å². The van der Waals surface area contributed by atoms with Crippen LogP contribution in [-0.2, 0) is 26.1 Å². The van der Waals surface area contributed by atoms with Crippen LogP contribution >= 0.6 is 11.6 Å². The molecular formula is C25H26ClF4N3O5S. The van der Waals surface area contributed by atoms with Crippen molar-refractivity contribution in [1.82, 2.24) is 14.1 Å². The molecule has 2 bridgehead atoms. The lowest BCUT2D eigenvalue weighted by Gasteiger charge is -2.49. The normalized spacial score (nSPS) is 20.6. The molecule has 2 heterocycles. The number of piperazine rings is 1. The number of carbonyl (C=O) groups excluding carboxylic acids is 1. The van der Waals surface area contributed by atoms with Crippen LogP contribution in [0.2, 0.25) is 5.02 Å². The van der Waals surface area contributed by atoms with Crippen LogP contribution in [0.5, 0.6) is 5.75 Å². The molecule has 39 heavy (non-hydrogen) atoms. The molecule has 2 atom stereocenters. The number of nitrogens with zero attached hydrogens (tertiary/aromatic N) is 3. The highest BCUT2D eigenvalue weighted by Gasteiger charge is 2.40. The van der Waals surface area contributed by atoms with Gasteiger partial charge in [0.25, 0.3) is 0 Å². The van der Waals surface area contributed by atoms with Gasteiger partial charge in [0.1, 0.15) is 11.6 Å². The van der Waals surface area contributed by atoms with Crippen LogP contribution < -0.4 is 4.74 Å². The predicted molar refractivity (Wildman–Crippen MR) is 135 cm³/mol. The number of carbonyl (C=O) groups is 1. The molecule has 14 heteroatoms. The van der Waals surface area contributed by atoms with Gasteiger partial charge in [-0.25, -0.2) is 17.1 Å². The van der Waals surface area contributed by atoms with Gasteiger partial charge in [0, 0.05) is 39.8 Å². The van der Waals surface area contributed by atoms with E-state index in [1.54, 1.807) is 17.0 Å². The van der Waals surface area contributed by atoms with Gasteiger partial charge in [-0.3, -0.25) is 9.69 Å². The second kappa shape index (κ2) is 11.4. The van der Waals surface area contributed by atoms with Crippen molar-refractivity contribution in [3.05, 3.63) is 64.4 Å². The van der Waals surface area contributed by atoms with Gasteiger partial charge in [-0.05, 0) is 41.5 Å². The molecule has 2 aromatic rings. The quantitative estimate of drug-likeness (QED) is 0.361. The average molecular weight is 592 g/mol. The number of rotatable bonds is 7. The summed E-state index contributed by atoms with van der Waals surface area (Å²) in [5.74, 6) is -1.57. The summed E-state index contributed by atoms with van der Waals surface area (Å²) in [4.78, 5) is 16.7. The summed E-state index contributed by atoms with van der Waals surface area (Å²) in [6.07, 6.45) is -2.80. The van der Waals surface area contributed by atoms with Crippen LogP contribution in [0.4, 0.5) is 17.6 Å². The van der Waals surface area contributed by atoms with Crippen LogP contribution in [0.3, 0.4) is 0 Å². The molecule has 8 nitrogen and oxygen atoms in total. The average Bonchev–Trinajstić information content (AvgIpc) is 2.84. The zero-order valence-electron chi connectivity index (χ0n) is 21.0. The first kappa shape index (κ1) is 29.3. The predicted octanol–water partition coefficient (Wildman–Crippen LogP) is 3.75. The molecule has 4 rings (SSSR count). The van der Waals surface area contributed by atoms with E-state index in [-0.39, 0.29) is 41.6 Å². The second-order valence-electron chi connectivity index (χ2n) is 9.40. The minimum absolute atomic E-state index is 0.197. The molecule has 0 spiro atoms. The second-order valence-corrected chi connectivity index (χ2v) is 11.9. The van der Waals surface area contributed by atoms with Crippen molar-refractivity contribution < 1.29 is 40.2 Å². The molecule has 0 radical (unpaired) electrons. The highest BCUT2D eigenvalue weighted by atomic mass is 35.5. The van der Waals surface area contributed by atoms with Gasteiger partial charge in [0.2, 0.25) is 15.9 Å². The third kappa shape index (κ3) is 6.90. The first-order valence-electron chi connectivity index (χ1n) is 11.8. The molecular weight excluding hydrogens is 566 g/mol. The highest BCUT2D eigenvalue weighted by Crippen LogP contribution is 2.36. The maximum atomic E-state index is 13.3. The van der Waals surface area contributed by atoms with Gasteiger partial charge in [-0.2, -0.15) is 0 Å². The van der Waals surface area contributed by atoms with E-state index in [4.69, 9.17) is 16.3 Å². The Morgan fingerprint density at radius 3 is 2.33 bits per heavy atom. The Balaban J connectivity index is 1.58. The van der Waals surface area contributed by atoms with Crippen LogP contribution in [0, 0.1) is 5.82 Å². The fourth-order valence-corrected chi connectivity index (χ4v) is 5.99. The molecule has 2 saturated heterocycles. The minimum atomic E-state index is -5.06. The molecule has 0 saturated carbocycles. The third-order valence-corrected chi connectivity index (χ3v) is 8.54. The largest absolute Gasteiger partial charge is 0.573 e. The van der Waals surface area contributed by atoms with Crippen molar-refractivity contribution in [3.8, 4) is 5.75 Å². The van der Waals surface area contributed by atoms with Crippen molar-refractivity contribution in [2.45, 2.75) is 29.9 Å². The Hall–Kier alpha value is -2.71. The van der Waals surface area contributed by atoms with Crippen LogP contribution in [0.1, 0.15) is 11.1 Å². The maximum Gasteiger partial charge on any atom is 0.573 e. The number of morpholine rings is 1. The summed E-state index contributed by atoms with van der Waals surface area (Å²) in [6, 6.07) is 7.24. The van der Waals surface area contributed by atoms with Gasteiger partial charge in [-0.1, -0.05) is 23.7 Å². The molecule has 2 aliphatic heterocycles. The molecule has 0 aromatic heterocycles. The zero-order valence-corrected chi connectivity index (χ0v) is 22.6. The molecule has 212 valence electrons. The Labute approximate surface area is 228 Å². The number of sulfonamides is 1. The van der Waals surface area contributed by atoms with E-state index in [0.717, 1.165) is 34.2 Å². The van der Waals surface area contributed by atoms with Gasteiger partial charge < -0.3 is 14.4 Å². The van der Waals surface area contributed by atoms with Crippen molar-refractivity contribution >= 4 is 33.6 Å². The van der Waals surface area contributed by atoms with E-state index in [1.165, 1.54) is 26.2 Å². The zero-order chi connectivity index (χ0) is 28.5. The van der Waals surface area contributed by atoms with E-state index >= 15 is 0 Å². The summed E-state index contributed by atoms with van der Waals surface area (Å²) < 4.78 is 88.0. The van der Waals surface area contributed by atoms with Crippen LogP contribution in [0.25, 0.3) is 6.08 Å². The van der Waals surface area contributed by atoms with E-state index in [2.05, 4.69) is 9.64 Å². The number of hydrogen-bond acceptors (Lipinski definition) is 6. The Bertz CT molecular complexity index is 1340. The fraction of sp³-hybridized carbons (Fsp3) is 0.400.